The van der Waals surface area contributed by atoms with Crippen molar-refractivity contribution >= 4 is 11.9 Å². The Morgan fingerprint density at radius 2 is 1.11 bits per heavy atom. The molecule has 4 N–H and O–H groups in total. The number of hydrogen-bond acceptors (Lipinski definition) is 4. The lowest BCUT2D eigenvalue weighted by molar-refractivity contribution is -0.228. The lowest BCUT2D eigenvalue weighted by atomic mass is 9.67. The summed E-state index contributed by atoms with van der Waals surface area (Å²) in [5.41, 5.74) is -5.44. The Kier molecular flexibility index (Phi) is 5.31. The molecule has 0 aliphatic heterocycles. The Balaban J connectivity index is 5.97. The maximum absolute atomic E-state index is 11.3. The minimum atomic E-state index is -2.72. The number of carboxylic acids is 2. The average molecular weight is 262 g/mol. The van der Waals surface area contributed by atoms with Gasteiger partial charge in [0.15, 0.2) is 0 Å². The van der Waals surface area contributed by atoms with Crippen molar-refractivity contribution in [2.45, 2.75) is 51.7 Å². The molecule has 0 rings (SSSR count). The van der Waals surface area contributed by atoms with Gasteiger partial charge >= 0.3 is 11.9 Å². The minimum Gasteiger partial charge on any atom is -0.479 e. The molecule has 0 amide bonds. The number of aliphatic carboxylic acids is 2. The van der Waals surface area contributed by atoms with E-state index < -0.39 is 35.0 Å². The molecular formula is C12H22O6. The van der Waals surface area contributed by atoms with Crippen LogP contribution >= 0.6 is 0 Å². The normalized spacial score (nSPS) is 21.4. The van der Waals surface area contributed by atoms with E-state index in [9.17, 15) is 30.0 Å². The van der Waals surface area contributed by atoms with Gasteiger partial charge in [-0.3, -0.25) is 0 Å². The van der Waals surface area contributed by atoms with Gasteiger partial charge in [-0.2, -0.15) is 0 Å². The molecule has 0 heterocycles. The maximum atomic E-state index is 11.3. The van der Waals surface area contributed by atoms with Crippen LogP contribution in [0.1, 0.15) is 40.5 Å². The van der Waals surface area contributed by atoms with Crippen molar-refractivity contribution in [3.63, 3.8) is 0 Å². The Labute approximate surface area is 106 Å². The van der Waals surface area contributed by atoms with Crippen LogP contribution in [0.2, 0.25) is 0 Å². The molecule has 0 aromatic carbocycles. The second kappa shape index (κ2) is 5.67. The topological polar surface area (TPSA) is 115 Å². The molecule has 6 nitrogen and oxygen atoms in total. The Hall–Kier alpha value is -1.14. The average Bonchev–Trinajstić information content (AvgIpc) is 2.33. The number of carboxylic acid groups (broad SMARTS) is 2. The first-order valence-electron chi connectivity index (χ1n) is 6.02. The monoisotopic (exact) mass is 262 g/mol. The molecule has 0 saturated heterocycles. The van der Waals surface area contributed by atoms with Crippen LogP contribution in [0.4, 0.5) is 0 Å². The molecular weight excluding hydrogens is 240 g/mol. The van der Waals surface area contributed by atoms with Crippen molar-refractivity contribution in [2.75, 3.05) is 0 Å². The van der Waals surface area contributed by atoms with Crippen molar-refractivity contribution in [1.29, 1.82) is 0 Å². The van der Waals surface area contributed by atoms with E-state index in [-0.39, 0.29) is 12.8 Å². The largest absolute Gasteiger partial charge is 0.479 e. The van der Waals surface area contributed by atoms with E-state index in [0.29, 0.717) is 0 Å². The maximum Gasteiger partial charge on any atom is 0.339 e. The molecule has 6 heteroatoms. The third kappa shape index (κ3) is 2.22. The Morgan fingerprint density at radius 3 is 1.22 bits per heavy atom. The molecule has 0 bridgehead atoms. The van der Waals surface area contributed by atoms with E-state index >= 15 is 0 Å². The van der Waals surface area contributed by atoms with E-state index in [1.54, 1.807) is 13.8 Å². The third-order valence-electron chi connectivity index (χ3n) is 3.88. The molecule has 0 aromatic heterocycles. The van der Waals surface area contributed by atoms with Gasteiger partial charge in [0.25, 0.3) is 0 Å². The van der Waals surface area contributed by atoms with Crippen LogP contribution in [0.15, 0.2) is 0 Å². The molecule has 0 saturated carbocycles. The van der Waals surface area contributed by atoms with Crippen molar-refractivity contribution in [3.8, 4) is 0 Å². The van der Waals surface area contributed by atoms with Gasteiger partial charge in [0.1, 0.15) is 0 Å². The van der Waals surface area contributed by atoms with E-state index in [1.165, 1.54) is 13.8 Å². The highest BCUT2D eigenvalue weighted by atomic mass is 16.5. The summed E-state index contributed by atoms with van der Waals surface area (Å²) in [6.45, 7) is 6.06. The summed E-state index contributed by atoms with van der Waals surface area (Å²) in [6.07, 6.45) is 0.462. The van der Waals surface area contributed by atoms with Crippen LogP contribution in [-0.4, -0.2) is 43.6 Å². The number of rotatable bonds is 7. The van der Waals surface area contributed by atoms with Crippen LogP contribution in [0.25, 0.3) is 0 Å². The number of hydrogen-bond donors (Lipinski definition) is 4. The molecule has 106 valence electrons. The summed E-state index contributed by atoms with van der Waals surface area (Å²) in [5.74, 6) is -5.24. The van der Waals surface area contributed by atoms with Gasteiger partial charge in [-0.05, 0) is 11.8 Å². The molecule has 18 heavy (non-hydrogen) atoms. The molecule has 0 radical (unpaired) electrons. The summed E-state index contributed by atoms with van der Waals surface area (Å²) in [7, 11) is 0. The molecule has 4 atom stereocenters. The fourth-order valence-corrected chi connectivity index (χ4v) is 2.09. The highest BCUT2D eigenvalue weighted by Crippen LogP contribution is 2.39. The van der Waals surface area contributed by atoms with Gasteiger partial charge in [-0.25, -0.2) is 9.59 Å². The summed E-state index contributed by atoms with van der Waals surface area (Å²) >= 11 is 0. The molecule has 0 spiro atoms. The zero-order valence-electron chi connectivity index (χ0n) is 11.2. The van der Waals surface area contributed by atoms with Crippen molar-refractivity contribution in [2.24, 2.45) is 11.8 Å². The fourth-order valence-electron chi connectivity index (χ4n) is 2.09. The highest BCUT2D eigenvalue weighted by Gasteiger charge is 2.64. The molecule has 4 unspecified atom stereocenters. The van der Waals surface area contributed by atoms with Gasteiger partial charge in [0.2, 0.25) is 11.2 Å². The third-order valence-corrected chi connectivity index (χ3v) is 3.88. The van der Waals surface area contributed by atoms with Crippen LogP contribution in [-0.2, 0) is 9.59 Å². The van der Waals surface area contributed by atoms with Crippen LogP contribution in [0, 0.1) is 11.8 Å². The number of aliphatic hydroxyl groups is 2. The molecule has 0 aromatic rings. The first-order chi connectivity index (χ1) is 8.10. The van der Waals surface area contributed by atoms with E-state index in [4.69, 9.17) is 0 Å². The second-order valence-corrected chi connectivity index (χ2v) is 4.76. The smallest absolute Gasteiger partial charge is 0.339 e. The highest BCUT2D eigenvalue weighted by molar-refractivity contribution is 5.91. The SMILES string of the molecule is CCC(C)C(O)(C(=O)O)C(O)(C(=O)O)C(C)CC. The Morgan fingerprint density at radius 1 is 0.889 bits per heavy atom. The quantitative estimate of drug-likeness (QED) is 0.537. The summed E-state index contributed by atoms with van der Waals surface area (Å²) in [5, 5.41) is 39.0. The lowest BCUT2D eigenvalue weighted by Gasteiger charge is -2.43. The zero-order valence-corrected chi connectivity index (χ0v) is 11.2. The van der Waals surface area contributed by atoms with E-state index in [2.05, 4.69) is 0 Å². The fraction of sp³-hybridized carbons (Fsp3) is 0.833. The second-order valence-electron chi connectivity index (χ2n) is 4.76. The summed E-state index contributed by atoms with van der Waals surface area (Å²) in [4.78, 5) is 22.6. The number of carbonyl (C=O) groups is 2. The van der Waals surface area contributed by atoms with Crippen molar-refractivity contribution < 1.29 is 30.0 Å². The Bertz CT molecular complexity index is 297. The predicted molar refractivity (Wildman–Crippen MR) is 64.1 cm³/mol. The molecule has 0 aliphatic carbocycles. The first-order valence-corrected chi connectivity index (χ1v) is 6.02. The van der Waals surface area contributed by atoms with E-state index in [0.717, 1.165) is 0 Å². The van der Waals surface area contributed by atoms with Gasteiger partial charge in [-0.1, -0.05) is 40.5 Å². The van der Waals surface area contributed by atoms with Gasteiger partial charge in [0.05, 0.1) is 0 Å². The van der Waals surface area contributed by atoms with Crippen molar-refractivity contribution in [1.82, 2.24) is 0 Å². The standard InChI is InChI=1S/C12H22O6/c1-5-7(3)11(17,9(13)14)12(18,10(15)16)8(4)6-2/h7-8,17-18H,5-6H2,1-4H3,(H,13,14)(H,15,16). The first kappa shape index (κ1) is 16.9. The summed E-state index contributed by atoms with van der Waals surface area (Å²) < 4.78 is 0. The molecule has 0 aliphatic rings. The lowest BCUT2D eigenvalue weighted by Crippen LogP contribution is -2.69. The van der Waals surface area contributed by atoms with Crippen LogP contribution < -0.4 is 0 Å². The molecule has 0 fully saturated rings. The van der Waals surface area contributed by atoms with Crippen molar-refractivity contribution in [3.05, 3.63) is 0 Å². The van der Waals surface area contributed by atoms with Crippen LogP contribution in [0.3, 0.4) is 0 Å². The van der Waals surface area contributed by atoms with Gasteiger partial charge < -0.3 is 20.4 Å². The van der Waals surface area contributed by atoms with E-state index in [1.807, 2.05) is 0 Å². The van der Waals surface area contributed by atoms with Gasteiger partial charge in [-0.15, -0.1) is 0 Å². The van der Waals surface area contributed by atoms with Crippen LogP contribution in [0.5, 0.6) is 0 Å². The zero-order chi connectivity index (χ0) is 14.7. The minimum absolute atomic E-state index is 0.231. The van der Waals surface area contributed by atoms with Gasteiger partial charge in [0, 0.05) is 0 Å². The predicted octanol–water partition coefficient (Wildman–Crippen LogP) is 0.710. The summed E-state index contributed by atoms with van der Waals surface area (Å²) in [6, 6.07) is 0.